The molecule has 6 nitrogen and oxygen atoms in total. The van der Waals surface area contributed by atoms with E-state index in [-0.39, 0.29) is 5.91 Å². The summed E-state index contributed by atoms with van der Waals surface area (Å²) in [5, 5.41) is 2.84. The van der Waals surface area contributed by atoms with E-state index in [1.54, 1.807) is 14.2 Å². The van der Waals surface area contributed by atoms with Crippen molar-refractivity contribution >= 4 is 11.6 Å². The normalized spacial score (nSPS) is 21.6. The van der Waals surface area contributed by atoms with Gasteiger partial charge in [0.15, 0.2) is 11.5 Å². The molecule has 4 rings (SSSR count). The van der Waals surface area contributed by atoms with Gasteiger partial charge >= 0.3 is 0 Å². The number of carbonyl (C=O) groups is 1. The van der Waals surface area contributed by atoms with Crippen molar-refractivity contribution in [2.24, 2.45) is 11.8 Å². The SMILES string of the molecule is COc1cccc(CN2CCC[C@@H]3CN(Cc4ccc(NC(C)=O)cc4)CC3C2)c1OC. The van der Waals surface area contributed by atoms with E-state index in [1.807, 2.05) is 24.3 Å². The van der Waals surface area contributed by atoms with Crippen LogP contribution in [0.15, 0.2) is 42.5 Å². The van der Waals surface area contributed by atoms with Gasteiger partial charge in [0.25, 0.3) is 0 Å². The van der Waals surface area contributed by atoms with Crippen LogP contribution in [0.4, 0.5) is 5.69 Å². The van der Waals surface area contributed by atoms with Crippen LogP contribution in [0.3, 0.4) is 0 Å². The number of nitrogens with zero attached hydrogens (tertiary/aromatic N) is 2. The Hall–Kier alpha value is -2.57. The van der Waals surface area contributed by atoms with Crippen molar-refractivity contribution in [1.29, 1.82) is 0 Å². The highest BCUT2D eigenvalue weighted by Crippen LogP contribution is 2.35. The van der Waals surface area contributed by atoms with Gasteiger partial charge < -0.3 is 14.8 Å². The molecule has 0 saturated carbocycles. The molecule has 2 fully saturated rings. The third-order valence-corrected chi connectivity index (χ3v) is 6.75. The van der Waals surface area contributed by atoms with Gasteiger partial charge in [-0.3, -0.25) is 14.6 Å². The first-order valence-corrected chi connectivity index (χ1v) is 11.6. The van der Waals surface area contributed by atoms with Crippen LogP contribution in [0.2, 0.25) is 0 Å². The summed E-state index contributed by atoms with van der Waals surface area (Å²) in [5.74, 6) is 3.09. The molecule has 2 saturated heterocycles. The first kappa shape index (κ1) is 22.6. The maximum atomic E-state index is 11.2. The lowest BCUT2D eigenvalue weighted by Gasteiger charge is -2.25. The minimum absolute atomic E-state index is 0.0337. The zero-order valence-corrected chi connectivity index (χ0v) is 19.5. The Morgan fingerprint density at radius 3 is 2.44 bits per heavy atom. The summed E-state index contributed by atoms with van der Waals surface area (Å²) in [6.07, 6.45) is 2.54. The number of carbonyl (C=O) groups excluding carboxylic acids is 1. The Balaban J connectivity index is 1.36. The molecular formula is C26H35N3O3. The minimum atomic E-state index is -0.0337. The number of nitrogens with one attached hydrogen (secondary N) is 1. The molecule has 1 amide bonds. The third kappa shape index (κ3) is 5.43. The van der Waals surface area contributed by atoms with Crippen LogP contribution in [0, 0.1) is 11.8 Å². The molecule has 2 aromatic rings. The standard InChI is InChI=1S/C26H35N3O3/c1-19(30)27-24-11-9-20(10-12-24)14-29-15-21-7-5-13-28(17-23(21)18-29)16-22-6-4-8-25(31-2)26(22)32-3/h4,6,8-12,21,23H,5,7,13-18H2,1-3H3,(H,27,30)/t21-,23?/m1/s1. The topological polar surface area (TPSA) is 54.0 Å². The number of hydrogen-bond acceptors (Lipinski definition) is 5. The average molecular weight is 438 g/mol. The molecule has 2 atom stereocenters. The quantitative estimate of drug-likeness (QED) is 0.709. The number of rotatable bonds is 7. The van der Waals surface area contributed by atoms with Crippen LogP contribution in [0.25, 0.3) is 0 Å². The summed E-state index contributed by atoms with van der Waals surface area (Å²) in [6, 6.07) is 14.4. The van der Waals surface area contributed by atoms with Crippen molar-refractivity contribution in [1.82, 2.24) is 9.80 Å². The van der Waals surface area contributed by atoms with Crippen LogP contribution < -0.4 is 14.8 Å². The molecule has 0 radical (unpaired) electrons. The molecule has 2 aromatic carbocycles. The summed E-state index contributed by atoms with van der Waals surface area (Å²) in [5.41, 5.74) is 3.35. The van der Waals surface area contributed by atoms with Gasteiger partial charge in [-0.25, -0.2) is 0 Å². The number of para-hydroxylation sites is 1. The van der Waals surface area contributed by atoms with Gasteiger partial charge in [-0.05, 0) is 55.0 Å². The highest BCUT2D eigenvalue weighted by atomic mass is 16.5. The Morgan fingerprint density at radius 1 is 0.969 bits per heavy atom. The van der Waals surface area contributed by atoms with E-state index in [0.29, 0.717) is 5.92 Å². The Bertz CT molecular complexity index is 915. The van der Waals surface area contributed by atoms with E-state index in [0.717, 1.165) is 55.8 Å². The molecule has 0 aliphatic carbocycles. The fourth-order valence-electron chi connectivity index (χ4n) is 5.32. The van der Waals surface area contributed by atoms with Crippen molar-refractivity contribution < 1.29 is 14.3 Å². The number of likely N-dealkylation sites (tertiary alicyclic amines) is 2. The second-order valence-corrected chi connectivity index (χ2v) is 9.12. The van der Waals surface area contributed by atoms with Crippen molar-refractivity contribution in [2.45, 2.75) is 32.9 Å². The van der Waals surface area contributed by atoms with Crippen LogP contribution in [-0.4, -0.2) is 56.1 Å². The molecule has 0 aromatic heterocycles. The molecule has 2 heterocycles. The van der Waals surface area contributed by atoms with E-state index in [9.17, 15) is 4.79 Å². The van der Waals surface area contributed by atoms with E-state index >= 15 is 0 Å². The van der Waals surface area contributed by atoms with E-state index in [4.69, 9.17) is 9.47 Å². The number of ether oxygens (including phenoxy) is 2. The van der Waals surface area contributed by atoms with Crippen LogP contribution in [0.1, 0.15) is 30.9 Å². The summed E-state index contributed by atoms with van der Waals surface area (Å²) >= 11 is 0. The van der Waals surface area contributed by atoms with E-state index < -0.39 is 0 Å². The zero-order chi connectivity index (χ0) is 22.5. The predicted octanol–water partition coefficient (Wildman–Crippen LogP) is 4.01. The number of anilines is 1. The second kappa shape index (κ2) is 10.4. The monoisotopic (exact) mass is 437 g/mol. The maximum Gasteiger partial charge on any atom is 0.221 e. The van der Waals surface area contributed by atoms with Gasteiger partial charge in [-0.1, -0.05) is 24.3 Å². The molecule has 0 bridgehead atoms. The van der Waals surface area contributed by atoms with Crippen molar-refractivity contribution in [3.63, 3.8) is 0 Å². The lowest BCUT2D eigenvalue weighted by molar-refractivity contribution is -0.114. The van der Waals surface area contributed by atoms with Gasteiger partial charge in [0.1, 0.15) is 0 Å². The van der Waals surface area contributed by atoms with Crippen molar-refractivity contribution in [3.8, 4) is 11.5 Å². The summed E-state index contributed by atoms with van der Waals surface area (Å²) in [4.78, 5) is 16.4. The van der Waals surface area contributed by atoms with E-state index in [2.05, 4.69) is 33.3 Å². The van der Waals surface area contributed by atoms with Gasteiger partial charge in [0.05, 0.1) is 14.2 Å². The Morgan fingerprint density at radius 2 is 1.72 bits per heavy atom. The fourth-order valence-corrected chi connectivity index (χ4v) is 5.32. The van der Waals surface area contributed by atoms with Crippen LogP contribution in [-0.2, 0) is 17.9 Å². The molecular weight excluding hydrogens is 402 g/mol. The number of amides is 1. The summed E-state index contributed by atoms with van der Waals surface area (Å²) in [6.45, 7) is 7.99. The third-order valence-electron chi connectivity index (χ3n) is 6.75. The Labute approximate surface area is 191 Å². The number of hydrogen-bond donors (Lipinski definition) is 1. The molecule has 2 aliphatic rings. The van der Waals surface area contributed by atoms with Crippen LogP contribution >= 0.6 is 0 Å². The summed E-state index contributed by atoms with van der Waals surface area (Å²) < 4.78 is 11.1. The minimum Gasteiger partial charge on any atom is -0.493 e. The molecule has 1 unspecified atom stereocenters. The lowest BCUT2D eigenvalue weighted by Crippen LogP contribution is -2.31. The maximum absolute atomic E-state index is 11.2. The number of benzene rings is 2. The van der Waals surface area contributed by atoms with Crippen molar-refractivity contribution in [3.05, 3.63) is 53.6 Å². The van der Waals surface area contributed by atoms with Crippen LogP contribution in [0.5, 0.6) is 11.5 Å². The molecule has 172 valence electrons. The molecule has 32 heavy (non-hydrogen) atoms. The first-order chi connectivity index (χ1) is 15.6. The van der Waals surface area contributed by atoms with Gasteiger partial charge in [-0.15, -0.1) is 0 Å². The average Bonchev–Trinajstić information content (AvgIpc) is 3.05. The molecule has 2 aliphatic heterocycles. The smallest absolute Gasteiger partial charge is 0.221 e. The van der Waals surface area contributed by atoms with Crippen molar-refractivity contribution in [2.75, 3.05) is 45.7 Å². The van der Waals surface area contributed by atoms with Gasteiger partial charge in [0, 0.05) is 50.9 Å². The van der Waals surface area contributed by atoms with Gasteiger partial charge in [-0.2, -0.15) is 0 Å². The second-order valence-electron chi connectivity index (χ2n) is 9.12. The van der Waals surface area contributed by atoms with E-state index in [1.165, 1.54) is 37.4 Å². The predicted molar refractivity (Wildman–Crippen MR) is 127 cm³/mol. The van der Waals surface area contributed by atoms with Gasteiger partial charge in [0.2, 0.25) is 5.91 Å². The molecule has 6 heteroatoms. The molecule has 1 N–H and O–H groups in total. The highest BCUT2D eigenvalue weighted by molar-refractivity contribution is 5.88. The zero-order valence-electron chi connectivity index (χ0n) is 19.5. The largest absolute Gasteiger partial charge is 0.493 e. The highest BCUT2D eigenvalue weighted by Gasteiger charge is 2.35. The number of methoxy groups -OCH3 is 2. The first-order valence-electron chi connectivity index (χ1n) is 11.6. The number of fused-ring (bicyclic) bond motifs is 1. The lowest BCUT2D eigenvalue weighted by atomic mass is 9.93. The molecule has 0 spiro atoms. The summed E-state index contributed by atoms with van der Waals surface area (Å²) in [7, 11) is 3.41. The fraction of sp³-hybridized carbons (Fsp3) is 0.500. The Kier molecular flexibility index (Phi) is 7.33.